The monoisotopic (exact) mass is 398 g/mol. The molecule has 26 heavy (non-hydrogen) atoms. The number of benzene rings is 3. The van der Waals surface area contributed by atoms with Gasteiger partial charge in [0.1, 0.15) is 0 Å². The first kappa shape index (κ1) is 16.8. The number of pyridine rings is 1. The third-order valence-electron chi connectivity index (χ3n) is 4.89. The summed E-state index contributed by atoms with van der Waals surface area (Å²) in [4.78, 5) is 4.66. The fourth-order valence-corrected chi connectivity index (χ4v) is 5.87. The summed E-state index contributed by atoms with van der Waals surface area (Å²) in [5, 5.41) is 14.0. The zero-order valence-corrected chi connectivity index (χ0v) is 17.3. The van der Waals surface area contributed by atoms with E-state index in [0.717, 1.165) is 27.4 Å². The number of hydrogen-bond donors (Lipinski definition) is 0. The van der Waals surface area contributed by atoms with Gasteiger partial charge in [-0.05, 0) is 0 Å². The molecule has 0 aliphatic carbocycles. The molecule has 0 saturated heterocycles. The molecule has 0 N–H and O–H groups in total. The molecule has 0 aliphatic rings. The van der Waals surface area contributed by atoms with Crippen LogP contribution < -0.4 is 4.40 Å². The van der Waals surface area contributed by atoms with Crippen molar-refractivity contribution in [1.29, 1.82) is 5.26 Å². The molecule has 2 nitrogen and oxygen atoms in total. The van der Waals surface area contributed by atoms with E-state index in [9.17, 15) is 5.26 Å². The maximum atomic E-state index is 9.58. The normalized spacial score (nSPS) is 11.6. The van der Waals surface area contributed by atoms with E-state index in [1.165, 1.54) is 9.78 Å². The second kappa shape index (κ2) is 6.26. The van der Waals surface area contributed by atoms with Crippen molar-refractivity contribution in [2.75, 3.05) is 0 Å². The fraction of sp³-hybridized carbons (Fsp3) is 0.130. The molecule has 0 aliphatic heterocycles. The second-order valence-electron chi connectivity index (χ2n) is 7.70. The van der Waals surface area contributed by atoms with Crippen LogP contribution in [0.4, 0.5) is 0 Å². The van der Waals surface area contributed by atoms with Gasteiger partial charge in [-0.1, -0.05) is 0 Å². The van der Waals surface area contributed by atoms with Crippen molar-refractivity contribution >= 4 is 39.2 Å². The number of nitriles is 1. The Kier molecular flexibility index (Phi) is 4.05. The molecule has 126 valence electrons. The van der Waals surface area contributed by atoms with E-state index in [0.29, 0.717) is 5.56 Å². The minimum absolute atomic E-state index is 0.693. The first-order valence-corrected chi connectivity index (χ1v) is 16.1. The van der Waals surface area contributed by atoms with Gasteiger partial charge >= 0.3 is 156 Å². The molecule has 0 spiro atoms. The van der Waals surface area contributed by atoms with Crippen molar-refractivity contribution < 1.29 is 0 Å². The molecule has 0 radical (unpaired) electrons. The van der Waals surface area contributed by atoms with Gasteiger partial charge < -0.3 is 0 Å². The molecule has 3 aromatic carbocycles. The number of fused-ring (bicyclic) bond motifs is 2. The second-order valence-corrected chi connectivity index (χ2v) is 18.4. The third kappa shape index (κ3) is 2.89. The van der Waals surface area contributed by atoms with Crippen molar-refractivity contribution in [3.8, 4) is 17.3 Å². The van der Waals surface area contributed by atoms with Gasteiger partial charge in [-0.15, -0.1) is 0 Å². The van der Waals surface area contributed by atoms with Gasteiger partial charge in [0.05, 0.1) is 0 Å². The van der Waals surface area contributed by atoms with E-state index in [4.69, 9.17) is 0 Å². The van der Waals surface area contributed by atoms with Gasteiger partial charge in [-0.2, -0.15) is 0 Å². The van der Waals surface area contributed by atoms with Crippen LogP contribution in [0.1, 0.15) is 5.56 Å². The molecule has 0 fully saturated rings. The van der Waals surface area contributed by atoms with Crippen molar-refractivity contribution in [1.82, 2.24) is 4.98 Å². The molecule has 1 aromatic heterocycles. The van der Waals surface area contributed by atoms with Crippen LogP contribution >= 0.6 is 0 Å². The summed E-state index contributed by atoms with van der Waals surface area (Å²) < 4.78 is 1.49. The quantitative estimate of drug-likeness (QED) is 0.421. The number of nitrogens with zero attached hydrogens (tertiary/aromatic N) is 2. The molecule has 4 rings (SSSR count). The molecule has 3 heteroatoms. The van der Waals surface area contributed by atoms with Crippen molar-refractivity contribution in [3.05, 3.63) is 72.4 Å². The third-order valence-corrected chi connectivity index (χ3v) is 9.17. The summed E-state index contributed by atoms with van der Waals surface area (Å²) in [6.45, 7) is 0. The fourth-order valence-electron chi connectivity index (χ4n) is 3.41. The van der Waals surface area contributed by atoms with E-state index in [2.05, 4.69) is 64.7 Å². The summed E-state index contributed by atoms with van der Waals surface area (Å²) in [7, 11) is 0. The predicted molar refractivity (Wildman–Crippen MR) is 112 cm³/mol. The average molecular weight is 397 g/mol. The predicted octanol–water partition coefficient (Wildman–Crippen LogP) is 5.47. The minimum atomic E-state index is -1.88. The van der Waals surface area contributed by atoms with E-state index >= 15 is 0 Å². The van der Waals surface area contributed by atoms with Crippen LogP contribution in [-0.4, -0.2) is 18.3 Å². The SMILES string of the molecule is [CH3][Ge]([CH3])([CH3])[c]1ccc2c(-c3cc(C#N)c4ccccc4c3)nccc2c1. The van der Waals surface area contributed by atoms with E-state index in [-0.39, 0.29) is 0 Å². The van der Waals surface area contributed by atoms with Crippen LogP contribution in [0, 0.1) is 11.3 Å². The van der Waals surface area contributed by atoms with Crippen LogP contribution in [0.15, 0.2) is 66.9 Å². The molecule has 0 amide bonds. The molecule has 0 saturated carbocycles. The summed E-state index contributed by atoms with van der Waals surface area (Å²) in [6.07, 6.45) is 1.87. The Morgan fingerprint density at radius 3 is 2.38 bits per heavy atom. The summed E-state index contributed by atoms with van der Waals surface area (Å²) >= 11 is -1.88. The van der Waals surface area contributed by atoms with Crippen LogP contribution in [0.25, 0.3) is 32.8 Å². The number of aromatic nitrogens is 1. The zero-order valence-electron chi connectivity index (χ0n) is 15.2. The first-order valence-electron chi connectivity index (χ1n) is 8.80. The summed E-state index contributed by atoms with van der Waals surface area (Å²) in [6, 6.07) is 23.3. The van der Waals surface area contributed by atoms with Crippen LogP contribution in [0.2, 0.25) is 17.3 Å². The van der Waals surface area contributed by atoms with Gasteiger partial charge in [0.25, 0.3) is 0 Å². The van der Waals surface area contributed by atoms with E-state index in [1.807, 2.05) is 30.5 Å². The Morgan fingerprint density at radius 2 is 1.62 bits per heavy atom. The van der Waals surface area contributed by atoms with Crippen molar-refractivity contribution in [2.45, 2.75) is 17.3 Å². The molecular formula is C23H20GeN2. The Morgan fingerprint density at radius 1 is 0.846 bits per heavy atom. The van der Waals surface area contributed by atoms with Crippen LogP contribution in [0.5, 0.6) is 0 Å². The molecule has 0 unspecified atom stereocenters. The van der Waals surface area contributed by atoms with Crippen molar-refractivity contribution in [2.24, 2.45) is 0 Å². The maximum absolute atomic E-state index is 9.58. The standard InChI is InChI=1S/C23H20GeN2/c1-24(2,3)20-8-9-22-17(14-20)10-11-26-23(22)18-12-16-6-4-5-7-21(16)19(13-18)15-25/h4-14H,1-3H3. The Balaban J connectivity index is 1.98. The summed E-state index contributed by atoms with van der Waals surface area (Å²) in [5.74, 6) is 7.23. The Bertz CT molecular complexity index is 1180. The average Bonchev–Trinajstić information content (AvgIpc) is 2.65. The van der Waals surface area contributed by atoms with Crippen molar-refractivity contribution in [3.63, 3.8) is 0 Å². The Labute approximate surface area is 156 Å². The number of rotatable bonds is 2. The zero-order chi connectivity index (χ0) is 18.3. The first-order chi connectivity index (χ1) is 12.5. The molecule has 4 aromatic rings. The topological polar surface area (TPSA) is 36.7 Å². The summed E-state index contributed by atoms with van der Waals surface area (Å²) in [5.41, 5.74) is 2.63. The van der Waals surface area contributed by atoms with E-state index < -0.39 is 13.3 Å². The van der Waals surface area contributed by atoms with Gasteiger partial charge in [-0.3, -0.25) is 0 Å². The van der Waals surface area contributed by atoms with E-state index in [1.54, 1.807) is 0 Å². The Hall–Kier alpha value is -2.64. The van der Waals surface area contributed by atoms with Gasteiger partial charge in [0.2, 0.25) is 0 Å². The molecule has 1 heterocycles. The molecular weight excluding hydrogens is 377 g/mol. The van der Waals surface area contributed by atoms with Crippen LogP contribution in [-0.2, 0) is 0 Å². The van der Waals surface area contributed by atoms with Gasteiger partial charge in [0.15, 0.2) is 0 Å². The molecule has 0 bridgehead atoms. The van der Waals surface area contributed by atoms with Gasteiger partial charge in [0, 0.05) is 0 Å². The number of hydrogen-bond acceptors (Lipinski definition) is 2. The van der Waals surface area contributed by atoms with Crippen LogP contribution in [0.3, 0.4) is 0 Å². The molecule has 0 atom stereocenters. The van der Waals surface area contributed by atoms with Gasteiger partial charge in [-0.25, -0.2) is 0 Å².